The van der Waals surface area contributed by atoms with Gasteiger partial charge in [-0.2, -0.15) is 0 Å². The van der Waals surface area contributed by atoms with Gasteiger partial charge >= 0.3 is 5.97 Å². The van der Waals surface area contributed by atoms with Gasteiger partial charge in [-0.1, -0.05) is 64.1 Å². The molecule has 10 atom stereocenters. The molecule has 2 heterocycles. The lowest BCUT2D eigenvalue weighted by Crippen LogP contribution is -2.61. The number of unbranched alkanes of at least 4 members (excludes halogenated alkanes) is 2. The first-order chi connectivity index (χ1) is 37.3. The molecule has 18 N–H and O–H groups in total. The van der Waals surface area contributed by atoms with E-state index in [1.165, 1.54) is 36.1 Å². The number of amides is 9. The maximum absolute atomic E-state index is 14.3. The number of nitrogens with zero attached hydrogens (tertiary/aromatic N) is 1. The number of aliphatic hydroxyl groups excluding tert-OH is 2. The number of carboxylic acids is 1. The van der Waals surface area contributed by atoms with E-state index in [0.29, 0.717) is 36.8 Å². The fourth-order valence-electron chi connectivity index (χ4n) is 8.35. The Hall–Kier alpha value is -6.56. The van der Waals surface area contributed by atoms with Crippen LogP contribution in [-0.4, -0.2) is 189 Å². The molecule has 0 aliphatic carbocycles. The fraction of sp³-hybridized carbons (Fsp3) is 0.560. The van der Waals surface area contributed by atoms with Crippen molar-refractivity contribution in [3.05, 3.63) is 65.7 Å². The molecule has 2 aromatic carbocycles. The molecule has 2 aromatic rings. The van der Waals surface area contributed by atoms with E-state index in [4.69, 9.17) is 17.2 Å². The number of aromatic hydroxyl groups is 1. The maximum Gasteiger partial charge on any atom is 0.326 e. The first kappa shape index (κ1) is 64.0. The van der Waals surface area contributed by atoms with Crippen molar-refractivity contribution in [2.45, 2.75) is 132 Å². The lowest BCUT2D eigenvalue weighted by Gasteiger charge is -2.28. The summed E-state index contributed by atoms with van der Waals surface area (Å²) in [5.41, 5.74) is 18.9. The number of nitrogens with two attached hydrogens (primary N) is 3. The summed E-state index contributed by atoms with van der Waals surface area (Å²) in [6.07, 6.45) is 0.0828. The molecule has 9 amide bonds. The van der Waals surface area contributed by atoms with Gasteiger partial charge in [-0.3, -0.25) is 43.2 Å². The van der Waals surface area contributed by atoms with E-state index < -0.39 is 133 Å². The lowest BCUT2D eigenvalue weighted by atomic mass is 10.0. The van der Waals surface area contributed by atoms with Gasteiger partial charge in [0.15, 0.2) is 0 Å². The summed E-state index contributed by atoms with van der Waals surface area (Å²) in [4.78, 5) is 139. The average molecular weight is 1130 g/mol. The predicted molar refractivity (Wildman–Crippen MR) is 288 cm³/mol. The maximum atomic E-state index is 14.3. The highest BCUT2D eigenvalue weighted by Gasteiger charge is 2.38. The van der Waals surface area contributed by atoms with Crippen molar-refractivity contribution in [1.82, 2.24) is 47.4 Å². The third-order valence-corrected chi connectivity index (χ3v) is 15.2. The summed E-state index contributed by atoms with van der Waals surface area (Å²) in [5.74, 6) is -10.2. The largest absolute Gasteiger partial charge is 0.508 e. The Kier molecular flexibility index (Phi) is 27.1. The van der Waals surface area contributed by atoms with Crippen LogP contribution < -0.4 is 59.7 Å². The number of carbonyl (C=O) groups excluding carboxylic acids is 9. The number of fused-ring (bicyclic) bond motifs is 1. The zero-order chi connectivity index (χ0) is 57.3. The lowest BCUT2D eigenvalue weighted by molar-refractivity contribution is -0.142. The van der Waals surface area contributed by atoms with Crippen LogP contribution in [0.15, 0.2) is 54.6 Å². The summed E-state index contributed by atoms with van der Waals surface area (Å²) in [6.45, 7) is 0.146. The minimum atomic E-state index is -1.73. The topological polar surface area (TPSA) is 429 Å². The van der Waals surface area contributed by atoms with Crippen molar-refractivity contribution in [1.29, 1.82) is 0 Å². The second-order valence-electron chi connectivity index (χ2n) is 18.9. The second-order valence-corrected chi connectivity index (χ2v) is 21.4. The molecule has 0 radical (unpaired) electrons. The van der Waals surface area contributed by atoms with Gasteiger partial charge in [0.1, 0.15) is 54.1 Å². The van der Waals surface area contributed by atoms with Crippen LogP contribution in [0.5, 0.6) is 5.75 Å². The average Bonchev–Trinajstić information content (AvgIpc) is 3.91. The van der Waals surface area contributed by atoms with Crippen LogP contribution in [0, 0.1) is 0 Å². The van der Waals surface area contributed by atoms with Crippen LogP contribution in [0.4, 0.5) is 0 Å². The van der Waals surface area contributed by atoms with E-state index in [2.05, 4.69) is 42.5 Å². The molecular weight excluding hydrogens is 1060 g/mol. The van der Waals surface area contributed by atoms with Gasteiger partial charge in [-0.25, -0.2) is 4.79 Å². The summed E-state index contributed by atoms with van der Waals surface area (Å²) in [6, 6.07) is 1.24. The number of carbonyl (C=O) groups is 10. The molecule has 2 aliphatic heterocycles. The number of aliphatic hydroxyl groups is 2. The molecule has 0 bridgehead atoms. The van der Waals surface area contributed by atoms with Crippen LogP contribution in [0.1, 0.15) is 69.4 Å². The van der Waals surface area contributed by atoms with Crippen LogP contribution in [0.25, 0.3) is 0 Å². The molecule has 28 heteroatoms. The van der Waals surface area contributed by atoms with E-state index in [-0.39, 0.29) is 75.4 Å². The van der Waals surface area contributed by atoms with Gasteiger partial charge in [-0.05, 0) is 101 Å². The van der Waals surface area contributed by atoms with E-state index in [0.717, 1.165) is 21.6 Å². The Morgan fingerprint density at radius 1 is 0.731 bits per heavy atom. The van der Waals surface area contributed by atoms with Crippen LogP contribution in [0.3, 0.4) is 0 Å². The summed E-state index contributed by atoms with van der Waals surface area (Å²) in [5, 5.41) is 61.3. The molecule has 2 saturated heterocycles. The van der Waals surface area contributed by atoms with Gasteiger partial charge < -0.3 is 85.1 Å². The van der Waals surface area contributed by atoms with E-state index in [1.54, 1.807) is 30.3 Å². The Bertz CT molecular complexity index is 2360. The highest BCUT2D eigenvalue weighted by molar-refractivity contribution is 8.76. The molecule has 10 unspecified atom stereocenters. The standard InChI is InChI=1S/C50H74N12O14S2/c1-28(64)41-49(74)56-33(12-5-7-19-51)43(68)54-24-40(66)62-21-9-14-39(62)48(73)58-36(25-63)45(70)55-34(13-6-8-20-52)44(69)60-37(46(71)57-35(50(75)76)23-30-15-17-31(65)18-16-30)26-77-78-27-38(47(72)61-41)59-42(67)32(53)22-29-10-3-2-4-11-29/h2-4,10-11,15-18,28,32-39,41,63-65H,5-9,12-14,19-27,51-53H2,1H3,(H,54,68)(H,55,70)(H,56,74)(H,57,71)(H,58,73)(H,59,67)(H,60,69)(H,61,72)(H,75,76). The van der Waals surface area contributed by atoms with E-state index in [1.807, 2.05) is 0 Å². The molecule has 78 heavy (non-hydrogen) atoms. The van der Waals surface area contributed by atoms with Crippen LogP contribution >= 0.6 is 21.6 Å². The minimum Gasteiger partial charge on any atom is -0.508 e. The van der Waals surface area contributed by atoms with Crippen molar-refractivity contribution in [3.63, 3.8) is 0 Å². The van der Waals surface area contributed by atoms with Crippen molar-refractivity contribution >= 4 is 80.7 Å². The van der Waals surface area contributed by atoms with Gasteiger partial charge in [0.2, 0.25) is 53.2 Å². The van der Waals surface area contributed by atoms with Crippen molar-refractivity contribution in [2.75, 3.05) is 44.3 Å². The third-order valence-electron chi connectivity index (χ3n) is 12.8. The first-order valence-electron chi connectivity index (χ1n) is 25.7. The molecule has 2 aliphatic rings. The fourth-order valence-corrected chi connectivity index (χ4v) is 10.7. The minimum absolute atomic E-state index is 0.0113. The molecule has 0 spiro atoms. The highest BCUT2D eigenvalue weighted by atomic mass is 33.1. The van der Waals surface area contributed by atoms with Crippen LogP contribution in [-0.2, 0) is 60.8 Å². The molecule has 0 saturated carbocycles. The Labute approximate surface area is 459 Å². The van der Waals surface area contributed by atoms with Gasteiger partial charge in [0, 0.05) is 24.5 Å². The number of phenolic OH excluding ortho intramolecular Hbond substituents is 1. The normalized spacial score (nSPS) is 23.9. The number of aliphatic carboxylic acids is 1. The molecule has 4 rings (SSSR count). The smallest absolute Gasteiger partial charge is 0.326 e. The van der Waals surface area contributed by atoms with Crippen LogP contribution in [0.2, 0.25) is 0 Å². The Morgan fingerprint density at radius 3 is 1.94 bits per heavy atom. The van der Waals surface area contributed by atoms with Gasteiger partial charge in [-0.15, -0.1) is 0 Å². The number of benzene rings is 2. The summed E-state index contributed by atoms with van der Waals surface area (Å²) >= 11 is 0. The number of rotatable bonds is 19. The number of nitrogens with one attached hydrogen (secondary N) is 8. The predicted octanol–water partition coefficient (Wildman–Crippen LogP) is -3.88. The third kappa shape index (κ3) is 20.7. The zero-order valence-electron chi connectivity index (χ0n) is 43.4. The SMILES string of the molecule is CC(O)C1NC(=O)C(NC(=O)C(N)Cc2ccccc2)CSSCC(C(=O)NC(Cc2ccc(O)cc2)C(=O)O)NC(=O)C(CCCCN)NC(=O)C(CO)NC(=O)C2CCCN2C(=O)CNC(=O)C(CCCCN)NC1=O. The zero-order valence-corrected chi connectivity index (χ0v) is 45.0. The molecule has 430 valence electrons. The number of hydrogen-bond donors (Lipinski definition) is 15. The Balaban J connectivity index is 1.74. The Morgan fingerprint density at radius 2 is 1.32 bits per heavy atom. The van der Waals surface area contributed by atoms with Gasteiger partial charge in [0.05, 0.1) is 25.3 Å². The molecule has 2 fully saturated rings. The van der Waals surface area contributed by atoms with E-state index in [9.17, 15) is 68.4 Å². The molecule has 0 aromatic heterocycles. The number of carboxylic acid groups (broad SMARTS) is 1. The summed E-state index contributed by atoms with van der Waals surface area (Å²) < 4.78 is 0. The second kappa shape index (κ2) is 33.0. The van der Waals surface area contributed by atoms with Gasteiger partial charge in [0.25, 0.3) is 0 Å². The quantitative estimate of drug-likeness (QED) is 0.0472. The van der Waals surface area contributed by atoms with Crippen molar-refractivity contribution in [3.8, 4) is 5.75 Å². The number of hydrogen-bond acceptors (Lipinski definition) is 18. The first-order valence-corrected chi connectivity index (χ1v) is 28.2. The number of phenols is 1. The van der Waals surface area contributed by atoms with E-state index >= 15 is 0 Å². The monoisotopic (exact) mass is 1130 g/mol. The molecular formula is C50H74N12O14S2. The van der Waals surface area contributed by atoms with Crippen molar-refractivity contribution < 1.29 is 68.4 Å². The summed E-state index contributed by atoms with van der Waals surface area (Å²) in [7, 11) is 1.81. The highest BCUT2D eigenvalue weighted by Crippen LogP contribution is 2.24. The molecule has 26 nitrogen and oxygen atoms in total. The van der Waals surface area contributed by atoms with Crippen molar-refractivity contribution in [2.24, 2.45) is 17.2 Å².